The molecule has 20 heavy (non-hydrogen) atoms. The quantitative estimate of drug-likeness (QED) is 0.671. The monoisotopic (exact) mass is 311 g/mol. The topological polar surface area (TPSA) is 49.0 Å². The van der Waals surface area contributed by atoms with Gasteiger partial charge >= 0.3 is 0 Å². The molecule has 1 N–H and O–H groups in total. The van der Waals surface area contributed by atoms with Gasteiger partial charge in [-0.25, -0.2) is 4.98 Å². The molecule has 1 atom stereocenters. The minimum absolute atomic E-state index is 0.304. The summed E-state index contributed by atoms with van der Waals surface area (Å²) in [5, 5.41) is 0.831. The molecule has 6 heteroatoms. The Balaban J connectivity index is 1.37. The van der Waals surface area contributed by atoms with E-state index >= 15 is 0 Å². The lowest BCUT2D eigenvalue weighted by Crippen LogP contribution is -2.35. The molecule has 0 saturated carbocycles. The summed E-state index contributed by atoms with van der Waals surface area (Å²) < 4.78 is 0. The van der Waals surface area contributed by atoms with Gasteiger partial charge in [0.2, 0.25) is 5.91 Å². The van der Waals surface area contributed by atoms with Gasteiger partial charge in [0.1, 0.15) is 0 Å². The fourth-order valence-corrected chi connectivity index (χ4v) is 5.82. The van der Waals surface area contributed by atoms with Crippen LogP contribution in [0.1, 0.15) is 43.5 Å². The van der Waals surface area contributed by atoms with Crippen LogP contribution in [0.25, 0.3) is 0 Å². The first-order valence-corrected chi connectivity index (χ1v) is 9.78. The van der Waals surface area contributed by atoms with Crippen LogP contribution >= 0.6 is 21.6 Å². The van der Waals surface area contributed by atoms with Gasteiger partial charge in [0.25, 0.3) is 0 Å². The number of fused-ring (bicyclic) bond motifs is 1. The van der Waals surface area contributed by atoms with Crippen molar-refractivity contribution in [2.75, 3.05) is 12.3 Å². The number of H-pyrrole nitrogens is 1. The molecular formula is C14H21N3OS2. The lowest BCUT2D eigenvalue weighted by atomic mass is 10.1. The molecule has 2 aliphatic rings. The number of imidazole rings is 1. The number of unbranched alkanes of at least 4 members (excludes halogenated alkanes) is 1. The summed E-state index contributed by atoms with van der Waals surface area (Å²) in [6, 6.07) is 0. The van der Waals surface area contributed by atoms with Crippen LogP contribution in [0.2, 0.25) is 0 Å². The van der Waals surface area contributed by atoms with Crippen molar-refractivity contribution in [2.24, 2.45) is 0 Å². The van der Waals surface area contributed by atoms with Gasteiger partial charge in [-0.15, -0.1) is 0 Å². The van der Waals surface area contributed by atoms with E-state index in [4.69, 9.17) is 0 Å². The van der Waals surface area contributed by atoms with Crippen LogP contribution in [0.15, 0.2) is 6.33 Å². The molecule has 2 aliphatic heterocycles. The van der Waals surface area contributed by atoms with Gasteiger partial charge < -0.3 is 9.88 Å². The van der Waals surface area contributed by atoms with Gasteiger partial charge in [-0.05, 0) is 19.3 Å². The second-order valence-electron chi connectivity index (χ2n) is 5.47. The molecule has 1 amide bonds. The first kappa shape index (κ1) is 14.3. The van der Waals surface area contributed by atoms with Gasteiger partial charge in [-0.1, -0.05) is 28.0 Å². The first-order chi connectivity index (χ1) is 9.83. The average Bonchev–Trinajstić information content (AvgIpc) is 3.13. The number of nitrogens with zero attached hydrogens (tertiary/aromatic N) is 2. The van der Waals surface area contributed by atoms with Crippen molar-refractivity contribution in [3.8, 4) is 0 Å². The third-order valence-electron chi connectivity index (χ3n) is 4.02. The number of aromatic amines is 1. The lowest BCUT2D eigenvalue weighted by Gasteiger charge is -2.26. The first-order valence-electron chi connectivity index (χ1n) is 7.40. The van der Waals surface area contributed by atoms with Crippen molar-refractivity contribution >= 4 is 27.5 Å². The standard InChI is InChI=1S/C14H21N3OS2/c18-14(4-2-1-3-11-6-8-19-20-11)17-7-5-12-13(9-17)16-10-15-12/h10-11H,1-9H2,(H,15,16)/t11-/m0/s1. The molecule has 0 radical (unpaired) electrons. The lowest BCUT2D eigenvalue weighted by molar-refractivity contribution is -0.132. The van der Waals surface area contributed by atoms with Crippen molar-refractivity contribution in [1.29, 1.82) is 0 Å². The van der Waals surface area contributed by atoms with E-state index in [0.29, 0.717) is 18.9 Å². The Morgan fingerprint density at radius 1 is 1.50 bits per heavy atom. The van der Waals surface area contributed by atoms with E-state index in [1.807, 2.05) is 26.5 Å². The number of nitrogens with one attached hydrogen (secondary N) is 1. The maximum atomic E-state index is 12.2. The Labute approximate surface area is 127 Å². The van der Waals surface area contributed by atoms with Crippen molar-refractivity contribution < 1.29 is 4.79 Å². The molecule has 0 spiro atoms. The normalized spacial score (nSPS) is 22.0. The molecule has 1 aromatic heterocycles. The van der Waals surface area contributed by atoms with E-state index in [9.17, 15) is 4.79 Å². The molecule has 0 bridgehead atoms. The fraction of sp³-hybridized carbons (Fsp3) is 0.714. The molecule has 0 aliphatic carbocycles. The Bertz CT molecular complexity index is 457. The number of rotatable bonds is 5. The highest BCUT2D eigenvalue weighted by atomic mass is 33.1. The molecular weight excluding hydrogens is 290 g/mol. The molecule has 1 saturated heterocycles. The summed E-state index contributed by atoms with van der Waals surface area (Å²) in [4.78, 5) is 21.6. The molecule has 0 unspecified atom stereocenters. The zero-order valence-electron chi connectivity index (χ0n) is 11.6. The molecule has 1 aromatic rings. The van der Waals surface area contributed by atoms with Crippen LogP contribution in [0.3, 0.4) is 0 Å². The molecule has 110 valence electrons. The van der Waals surface area contributed by atoms with Crippen LogP contribution in [-0.4, -0.2) is 38.3 Å². The Morgan fingerprint density at radius 3 is 3.30 bits per heavy atom. The SMILES string of the molecule is O=C(CCCC[C@H]1CCSS1)N1CCc2nc[nH]c2C1. The second-order valence-corrected chi connectivity index (χ2v) is 8.26. The highest BCUT2D eigenvalue weighted by molar-refractivity contribution is 8.77. The minimum atomic E-state index is 0.304. The summed E-state index contributed by atoms with van der Waals surface area (Å²) in [6.07, 6.45) is 8.16. The van der Waals surface area contributed by atoms with Crippen LogP contribution < -0.4 is 0 Å². The molecule has 3 heterocycles. The second kappa shape index (κ2) is 6.89. The van der Waals surface area contributed by atoms with E-state index in [1.54, 1.807) is 6.33 Å². The maximum Gasteiger partial charge on any atom is 0.222 e. The summed E-state index contributed by atoms with van der Waals surface area (Å²) in [6.45, 7) is 1.54. The largest absolute Gasteiger partial charge is 0.347 e. The van der Waals surface area contributed by atoms with E-state index in [-0.39, 0.29) is 0 Å². The van der Waals surface area contributed by atoms with Crippen LogP contribution in [0.4, 0.5) is 0 Å². The number of hydrogen-bond donors (Lipinski definition) is 1. The number of aromatic nitrogens is 2. The molecule has 3 rings (SSSR count). The maximum absolute atomic E-state index is 12.2. The van der Waals surface area contributed by atoms with Crippen LogP contribution in [0, 0.1) is 0 Å². The van der Waals surface area contributed by atoms with Gasteiger partial charge in [-0.2, -0.15) is 0 Å². The highest BCUT2D eigenvalue weighted by Crippen LogP contribution is 2.39. The number of carbonyl (C=O) groups excluding carboxylic acids is 1. The average molecular weight is 311 g/mol. The summed E-state index contributed by atoms with van der Waals surface area (Å²) in [7, 11) is 4.03. The van der Waals surface area contributed by atoms with Crippen molar-refractivity contribution in [3.63, 3.8) is 0 Å². The Hall–Kier alpha value is -0.620. The predicted molar refractivity (Wildman–Crippen MR) is 84.6 cm³/mol. The fourth-order valence-electron chi connectivity index (χ4n) is 2.80. The van der Waals surface area contributed by atoms with Crippen molar-refractivity contribution in [2.45, 2.75) is 50.3 Å². The van der Waals surface area contributed by atoms with E-state index < -0.39 is 0 Å². The molecule has 0 aromatic carbocycles. The van der Waals surface area contributed by atoms with E-state index in [0.717, 1.165) is 36.0 Å². The summed E-state index contributed by atoms with van der Waals surface area (Å²) >= 11 is 0. The van der Waals surface area contributed by atoms with E-state index in [1.165, 1.54) is 25.0 Å². The summed E-state index contributed by atoms with van der Waals surface area (Å²) in [5.74, 6) is 1.60. The summed E-state index contributed by atoms with van der Waals surface area (Å²) in [5.41, 5.74) is 2.24. The van der Waals surface area contributed by atoms with Crippen LogP contribution in [0.5, 0.6) is 0 Å². The third kappa shape index (κ3) is 3.52. The third-order valence-corrected chi connectivity index (χ3v) is 7.03. The Morgan fingerprint density at radius 2 is 2.45 bits per heavy atom. The van der Waals surface area contributed by atoms with Crippen LogP contribution in [-0.2, 0) is 17.8 Å². The molecule has 1 fully saturated rings. The zero-order chi connectivity index (χ0) is 13.8. The van der Waals surface area contributed by atoms with Gasteiger partial charge in [-0.3, -0.25) is 4.79 Å². The number of carbonyl (C=O) groups is 1. The van der Waals surface area contributed by atoms with E-state index in [2.05, 4.69) is 9.97 Å². The van der Waals surface area contributed by atoms with Gasteiger partial charge in [0.15, 0.2) is 0 Å². The van der Waals surface area contributed by atoms with Gasteiger partial charge in [0.05, 0.1) is 24.3 Å². The van der Waals surface area contributed by atoms with Crippen molar-refractivity contribution in [3.05, 3.63) is 17.7 Å². The smallest absolute Gasteiger partial charge is 0.222 e. The predicted octanol–water partition coefficient (Wildman–Crippen LogP) is 3.01. The number of amides is 1. The minimum Gasteiger partial charge on any atom is -0.347 e. The molecule has 4 nitrogen and oxygen atoms in total. The zero-order valence-corrected chi connectivity index (χ0v) is 13.3. The Kier molecular flexibility index (Phi) is 4.94. The van der Waals surface area contributed by atoms with Gasteiger partial charge in [0, 0.05) is 30.4 Å². The van der Waals surface area contributed by atoms with Crippen molar-refractivity contribution in [1.82, 2.24) is 14.9 Å². The number of hydrogen-bond acceptors (Lipinski definition) is 4. The highest BCUT2D eigenvalue weighted by Gasteiger charge is 2.22.